The lowest BCUT2D eigenvalue weighted by Crippen LogP contribution is -1.89. The van der Waals surface area contributed by atoms with Crippen LogP contribution in [0.3, 0.4) is 0 Å². The standard InChI is InChI=1S/C16H15N3S/c1-11-6-8-13(9-7-11)10-17-19-16-18-14-5-3-4-12(2)15(14)20-16/h3-10H,1-2H3,(H,18,19)/b17-10-. The normalized spacial score (nSPS) is 11.3. The summed E-state index contributed by atoms with van der Waals surface area (Å²) in [5.41, 5.74) is 7.58. The van der Waals surface area contributed by atoms with E-state index in [0.717, 1.165) is 16.2 Å². The molecule has 0 spiro atoms. The number of aryl methyl sites for hydroxylation is 2. The number of nitrogens with one attached hydrogen (secondary N) is 1. The summed E-state index contributed by atoms with van der Waals surface area (Å²) < 4.78 is 1.21. The Hall–Kier alpha value is -2.20. The molecular formula is C16H15N3S. The second-order valence-corrected chi connectivity index (χ2v) is 5.72. The molecule has 0 bridgehead atoms. The van der Waals surface area contributed by atoms with Crippen LogP contribution in [0.5, 0.6) is 0 Å². The summed E-state index contributed by atoms with van der Waals surface area (Å²) in [4.78, 5) is 4.51. The number of aromatic nitrogens is 1. The van der Waals surface area contributed by atoms with E-state index in [1.807, 2.05) is 24.3 Å². The van der Waals surface area contributed by atoms with Gasteiger partial charge in [-0.1, -0.05) is 53.3 Å². The molecule has 100 valence electrons. The first-order chi connectivity index (χ1) is 9.72. The first kappa shape index (κ1) is 12.8. The summed E-state index contributed by atoms with van der Waals surface area (Å²) >= 11 is 1.63. The van der Waals surface area contributed by atoms with E-state index in [2.05, 4.69) is 47.6 Å². The van der Waals surface area contributed by atoms with Gasteiger partial charge in [0.15, 0.2) is 0 Å². The minimum absolute atomic E-state index is 0.817. The number of fused-ring (bicyclic) bond motifs is 1. The van der Waals surface area contributed by atoms with Gasteiger partial charge in [0, 0.05) is 0 Å². The van der Waals surface area contributed by atoms with Gasteiger partial charge >= 0.3 is 0 Å². The highest BCUT2D eigenvalue weighted by atomic mass is 32.1. The summed E-state index contributed by atoms with van der Waals surface area (Å²) in [6.45, 7) is 4.17. The molecule has 3 nitrogen and oxygen atoms in total. The third-order valence-electron chi connectivity index (χ3n) is 3.06. The topological polar surface area (TPSA) is 37.3 Å². The van der Waals surface area contributed by atoms with Gasteiger partial charge < -0.3 is 0 Å². The highest BCUT2D eigenvalue weighted by Gasteiger charge is 2.04. The fourth-order valence-corrected chi connectivity index (χ4v) is 2.83. The maximum absolute atomic E-state index is 4.51. The number of anilines is 1. The van der Waals surface area contributed by atoms with Crippen LogP contribution in [0.2, 0.25) is 0 Å². The molecule has 0 unspecified atom stereocenters. The van der Waals surface area contributed by atoms with Gasteiger partial charge in [-0.15, -0.1) is 0 Å². The highest BCUT2D eigenvalue weighted by molar-refractivity contribution is 7.22. The average Bonchev–Trinajstić information content (AvgIpc) is 2.85. The van der Waals surface area contributed by atoms with Crippen LogP contribution in [0, 0.1) is 13.8 Å². The SMILES string of the molecule is Cc1ccc(/C=N\Nc2nc3cccc(C)c3s2)cc1. The maximum Gasteiger partial charge on any atom is 0.204 e. The van der Waals surface area contributed by atoms with Crippen molar-refractivity contribution in [2.24, 2.45) is 5.10 Å². The van der Waals surface area contributed by atoms with Crippen LogP contribution in [-0.2, 0) is 0 Å². The van der Waals surface area contributed by atoms with Crippen molar-refractivity contribution in [3.63, 3.8) is 0 Å². The zero-order chi connectivity index (χ0) is 13.9. The van der Waals surface area contributed by atoms with Crippen molar-refractivity contribution in [3.8, 4) is 0 Å². The number of hydrazone groups is 1. The van der Waals surface area contributed by atoms with Crippen molar-refractivity contribution < 1.29 is 0 Å². The van der Waals surface area contributed by atoms with Crippen molar-refractivity contribution in [1.82, 2.24) is 4.98 Å². The molecule has 0 atom stereocenters. The van der Waals surface area contributed by atoms with Gasteiger partial charge in [-0.25, -0.2) is 4.98 Å². The molecule has 3 aromatic rings. The molecule has 1 heterocycles. The molecule has 0 aliphatic heterocycles. The van der Waals surface area contributed by atoms with Gasteiger partial charge in [0.1, 0.15) is 0 Å². The van der Waals surface area contributed by atoms with Gasteiger partial charge in [-0.2, -0.15) is 5.10 Å². The first-order valence-electron chi connectivity index (χ1n) is 6.44. The third kappa shape index (κ3) is 2.70. The lowest BCUT2D eigenvalue weighted by atomic mass is 10.2. The molecule has 1 aromatic heterocycles. The number of nitrogens with zero attached hydrogens (tertiary/aromatic N) is 2. The monoisotopic (exact) mass is 281 g/mol. The van der Waals surface area contributed by atoms with E-state index in [1.54, 1.807) is 17.6 Å². The summed E-state index contributed by atoms with van der Waals surface area (Å²) in [6.07, 6.45) is 1.80. The third-order valence-corrected chi connectivity index (χ3v) is 4.17. The molecule has 1 N–H and O–H groups in total. The van der Waals surface area contributed by atoms with Crippen molar-refractivity contribution >= 4 is 32.9 Å². The fourth-order valence-electron chi connectivity index (χ4n) is 1.95. The zero-order valence-electron chi connectivity index (χ0n) is 11.4. The Morgan fingerprint density at radius 1 is 1.10 bits per heavy atom. The van der Waals surface area contributed by atoms with E-state index in [9.17, 15) is 0 Å². The summed E-state index contributed by atoms with van der Waals surface area (Å²) in [6, 6.07) is 14.4. The summed E-state index contributed by atoms with van der Waals surface area (Å²) in [7, 11) is 0. The molecule has 20 heavy (non-hydrogen) atoms. The van der Waals surface area contributed by atoms with Crippen LogP contribution < -0.4 is 5.43 Å². The van der Waals surface area contributed by atoms with E-state index in [4.69, 9.17) is 0 Å². The molecule has 0 amide bonds. The van der Waals surface area contributed by atoms with Crippen molar-refractivity contribution in [3.05, 3.63) is 59.2 Å². The zero-order valence-corrected chi connectivity index (χ0v) is 12.2. The Balaban J connectivity index is 1.76. The molecule has 2 aromatic carbocycles. The van der Waals surface area contributed by atoms with Gasteiger partial charge in [0.25, 0.3) is 0 Å². The molecule has 3 rings (SSSR count). The Kier molecular flexibility index (Phi) is 3.48. The smallest absolute Gasteiger partial charge is 0.204 e. The Morgan fingerprint density at radius 3 is 2.65 bits per heavy atom. The van der Waals surface area contributed by atoms with Crippen LogP contribution >= 0.6 is 11.3 Å². The molecule has 0 saturated heterocycles. The van der Waals surface area contributed by atoms with Crippen LogP contribution in [0.1, 0.15) is 16.7 Å². The number of benzene rings is 2. The first-order valence-corrected chi connectivity index (χ1v) is 7.26. The average molecular weight is 281 g/mol. The number of rotatable bonds is 3. The summed E-state index contributed by atoms with van der Waals surface area (Å²) in [5, 5.41) is 5.06. The lowest BCUT2D eigenvalue weighted by molar-refractivity contribution is 1.31. The van der Waals surface area contributed by atoms with E-state index in [0.29, 0.717) is 0 Å². The van der Waals surface area contributed by atoms with Crippen LogP contribution in [0.25, 0.3) is 10.2 Å². The van der Waals surface area contributed by atoms with Gasteiger partial charge in [0.2, 0.25) is 5.13 Å². The number of hydrogen-bond donors (Lipinski definition) is 1. The molecule has 0 radical (unpaired) electrons. The van der Waals surface area contributed by atoms with Gasteiger partial charge in [-0.3, -0.25) is 5.43 Å². The van der Waals surface area contributed by atoms with E-state index in [-0.39, 0.29) is 0 Å². The largest absolute Gasteiger partial charge is 0.253 e. The van der Waals surface area contributed by atoms with Crippen molar-refractivity contribution in [2.75, 3.05) is 5.43 Å². The second kappa shape index (κ2) is 5.43. The highest BCUT2D eigenvalue weighted by Crippen LogP contribution is 2.28. The quantitative estimate of drug-likeness (QED) is 0.572. The second-order valence-electron chi connectivity index (χ2n) is 4.72. The Bertz CT molecular complexity index is 757. The summed E-state index contributed by atoms with van der Waals surface area (Å²) in [5.74, 6) is 0. The van der Waals surface area contributed by atoms with E-state index >= 15 is 0 Å². The fraction of sp³-hybridized carbons (Fsp3) is 0.125. The molecule has 0 saturated carbocycles. The van der Waals surface area contributed by atoms with Gasteiger partial charge in [0.05, 0.1) is 16.4 Å². The Labute approximate surface area is 122 Å². The van der Waals surface area contributed by atoms with Crippen LogP contribution in [-0.4, -0.2) is 11.2 Å². The minimum atomic E-state index is 0.817. The number of thiazole rings is 1. The van der Waals surface area contributed by atoms with Crippen molar-refractivity contribution in [1.29, 1.82) is 0 Å². The minimum Gasteiger partial charge on any atom is -0.253 e. The lowest BCUT2D eigenvalue weighted by Gasteiger charge is -1.95. The molecule has 0 aliphatic rings. The van der Waals surface area contributed by atoms with Crippen LogP contribution in [0.15, 0.2) is 47.6 Å². The van der Waals surface area contributed by atoms with E-state index in [1.165, 1.54) is 15.8 Å². The molecule has 0 fully saturated rings. The van der Waals surface area contributed by atoms with Crippen molar-refractivity contribution in [2.45, 2.75) is 13.8 Å². The molecule has 0 aliphatic carbocycles. The molecule has 4 heteroatoms. The number of hydrogen-bond acceptors (Lipinski definition) is 4. The van der Waals surface area contributed by atoms with Gasteiger partial charge in [-0.05, 0) is 31.0 Å². The van der Waals surface area contributed by atoms with Crippen LogP contribution in [0.4, 0.5) is 5.13 Å². The van der Waals surface area contributed by atoms with E-state index < -0.39 is 0 Å². The predicted octanol–water partition coefficient (Wildman–Crippen LogP) is 4.36. The Morgan fingerprint density at radius 2 is 1.90 bits per heavy atom. The predicted molar refractivity (Wildman–Crippen MR) is 86.8 cm³/mol. The molecular weight excluding hydrogens is 266 g/mol. The maximum atomic E-state index is 4.51.